The van der Waals surface area contributed by atoms with Gasteiger partial charge in [0.15, 0.2) is 16.6 Å². The van der Waals surface area contributed by atoms with Crippen LogP contribution >= 0.6 is 0 Å². The van der Waals surface area contributed by atoms with Crippen molar-refractivity contribution in [2.45, 2.75) is 135 Å². The summed E-state index contributed by atoms with van der Waals surface area (Å²) in [5, 5.41) is 0. The van der Waals surface area contributed by atoms with Gasteiger partial charge in [-0.05, 0) is 45.2 Å². The first-order valence-corrected chi connectivity index (χ1v) is 17.6. The molecule has 0 aromatic heterocycles. The molecule has 2 fully saturated rings. The summed E-state index contributed by atoms with van der Waals surface area (Å²) in [6, 6.07) is 0. The van der Waals surface area contributed by atoms with Crippen LogP contribution in [0.1, 0.15) is 89.5 Å². The number of hydrogen-bond acceptors (Lipinski definition) is 3. The van der Waals surface area contributed by atoms with Gasteiger partial charge >= 0.3 is 0 Å². The molecule has 3 nitrogen and oxygen atoms in total. The maximum atomic E-state index is 7.08. The van der Waals surface area contributed by atoms with Crippen LogP contribution in [0.2, 0.25) is 33.2 Å². The fraction of sp³-hybridized carbons (Fsp3) is 0.926. The molecule has 188 valence electrons. The van der Waals surface area contributed by atoms with E-state index in [0.29, 0.717) is 45.1 Å². The monoisotopic (exact) mass is 482 g/mol. The lowest BCUT2D eigenvalue weighted by atomic mass is 9.78. The highest BCUT2D eigenvalue weighted by atomic mass is 28.4. The molecule has 0 radical (unpaired) electrons. The quantitative estimate of drug-likeness (QED) is 0.207. The lowest BCUT2D eigenvalue weighted by molar-refractivity contribution is 0.0818. The third-order valence-corrected chi connectivity index (χ3v) is 21.2. The minimum absolute atomic E-state index is 0.153. The standard InChI is InChI=1S/C27H54O3Si2/c1-17(2)31(18(3)4,19(5)6)28-15-24-25(27-23(13)14-26(24)30-27)16-29-32(20(7)8,21(9)10)22(11)12/h17-22,24-27H,13-16H2,1-12H3/t24-,25+,26+,27+/m0/s1. The average molecular weight is 483 g/mol. The molecule has 0 aromatic carbocycles. The Morgan fingerprint density at radius 1 is 0.688 bits per heavy atom. The fourth-order valence-corrected chi connectivity index (χ4v) is 18.7. The number of rotatable bonds is 12. The molecule has 0 aliphatic carbocycles. The van der Waals surface area contributed by atoms with Gasteiger partial charge in [-0.3, -0.25) is 0 Å². The van der Waals surface area contributed by atoms with Gasteiger partial charge in [-0.25, -0.2) is 0 Å². The summed E-state index contributed by atoms with van der Waals surface area (Å²) in [6.07, 6.45) is 1.41. The van der Waals surface area contributed by atoms with Crippen molar-refractivity contribution in [1.82, 2.24) is 0 Å². The van der Waals surface area contributed by atoms with Crippen molar-refractivity contribution in [3.8, 4) is 0 Å². The number of fused-ring (bicyclic) bond motifs is 2. The number of hydrogen-bond donors (Lipinski definition) is 0. The summed E-state index contributed by atoms with van der Waals surface area (Å²) in [6.45, 7) is 34.5. The van der Waals surface area contributed by atoms with Crippen molar-refractivity contribution < 1.29 is 13.6 Å². The van der Waals surface area contributed by atoms with Crippen LogP contribution in [0.3, 0.4) is 0 Å². The van der Waals surface area contributed by atoms with E-state index >= 15 is 0 Å². The topological polar surface area (TPSA) is 27.7 Å². The Morgan fingerprint density at radius 2 is 1.03 bits per heavy atom. The summed E-state index contributed by atoms with van der Waals surface area (Å²) in [4.78, 5) is 0. The second-order valence-corrected chi connectivity index (χ2v) is 23.5. The van der Waals surface area contributed by atoms with Gasteiger partial charge in [0.05, 0.1) is 12.2 Å². The zero-order valence-corrected chi connectivity index (χ0v) is 25.3. The molecule has 0 aromatic rings. The van der Waals surface area contributed by atoms with E-state index in [1.807, 2.05) is 0 Å². The minimum Gasteiger partial charge on any atom is -0.416 e. The predicted molar refractivity (Wildman–Crippen MR) is 143 cm³/mol. The Morgan fingerprint density at radius 3 is 1.38 bits per heavy atom. The van der Waals surface area contributed by atoms with E-state index in [1.54, 1.807) is 0 Å². The van der Waals surface area contributed by atoms with E-state index in [-0.39, 0.29) is 12.2 Å². The van der Waals surface area contributed by atoms with Crippen LogP contribution in [0, 0.1) is 11.8 Å². The molecule has 0 N–H and O–H groups in total. The third kappa shape index (κ3) is 4.89. The molecule has 2 aliphatic heterocycles. The second-order valence-electron chi connectivity index (χ2n) is 12.5. The zero-order chi connectivity index (χ0) is 24.6. The van der Waals surface area contributed by atoms with Crippen molar-refractivity contribution in [2.75, 3.05) is 13.2 Å². The average Bonchev–Trinajstić information content (AvgIpc) is 3.18. The van der Waals surface area contributed by atoms with E-state index in [2.05, 4.69) is 89.7 Å². The van der Waals surface area contributed by atoms with Crippen LogP contribution in [0.4, 0.5) is 0 Å². The zero-order valence-electron chi connectivity index (χ0n) is 23.3. The van der Waals surface area contributed by atoms with Gasteiger partial charge in [0.2, 0.25) is 0 Å². The molecule has 2 rings (SSSR count). The summed E-state index contributed by atoms with van der Waals surface area (Å²) in [5.74, 6) is 0.800. The molecule has 2 bridgehead atoms. The van der Waals surface area contributed by atoms with Crippen LogP contribution in [-0.2, 0) is 13.6 Å². The lowest BCUT2D eigenvalue weighted by Gasteiger charge is -2.45. The lowest BCUT2D eigenvalue weighted by Crippen LogP contribution is -2.51. The molecule has 32 heavy (non-hydrogen) atoms. The maximum Gasteiger partial charge on any atom is 0.200 e. The van der Waals surface area contributed by atoms with Crippen LogP contribution in [0.15, 0.2) is 12.2 Å². The highest BCUT2D eigenvalue weighted by molar-refractivity contribution is 6.78. The van der Waals surface area contributed by atoms with Crippen molar-refractivity contribution in [3.05, 3.63) is 12.2 Å². The Balaban J connectivity index is 2.25. The highest BCUT2D eigenvalue weighted by Gasteiger charge is 2.54. The van der Waals surface area contributed by atoms with Crippen LogP contribution in [0.5, 0.6) is 0 Å². The Kier molecular flexibility index (Phi) is 9.51. The first-order chi connectivity index (χ1) is 14.7. The fourth-order valence-electron chi connectivity index (χ4n) is 7.79. The van der Waals surface area contributed by atoms with E-state index in [9.17, 15) is 0 Å². The molecule has 2 saturated heterocycles. The molecular formula is C27H54O3Si2. The molecule has 5 heteroatoms. The van der Waals surface area contributed by atoms with Crippen molar-refractivity contribution in [3.63, 3.8) is 0 Å². The highest BCUT2D eigenvalue weighted by Crippen LogP contribution is 2.50. The van der Waals surface area contributed by atoms with Crippen LogP contribution in [0.25, 0.3) is 0 Å². The van der Waals surface area contributed by atoms with Crippen LogP contribution < -0.4 is 0 Å². The molecule has 2 aliphatic rings. The summed E-state index contributed by atoms with van der Waals surface area (Å²) >= 11 is 0. The van der Waals surface area contributed by atoms with Crippen molar-refractivity contribution in [1.29, 1.82) is 0 Å². The molecule has 4 atom stereocenters. The van der Waals surface area contributed by atoms with Gasteiger partial charge in [0, 0.05) is 25.0 Å². The normalized spacial score (nSPS) is 26.9. The van der Waals surface area contributed by atoms with Crippen molar-refractivity contribution >= 4 is 16.6 Å². The largest absolute Gasteiger partial charge is 0.416 e. The summed E-state index contributed by atoms with van der Waals surface area (Å²) < 4.78 is 20.6. The van der Waals surface area contributed by atoms with Gasteiger partial charge in [0.25, 0.3) is 0 Å². The third-order valence-electron chi connectivity index (χ3n) is 9.07. The van der Waals surface area contributed by atoms with E-state index in [4.69, 9.17) is 13.6 Å². The Bertz CT molecular complexity index is 583. The number of ether oxygens (including phenoxy) is 1. The first kappa shape index (κ1) is 28.3. The smallest absolute Gasteiger partial charge is 0.200 e. The molecular weight excluding hydrogens is 428 g/mol. The Labute approximate surface area is 202 Å². The predicted octanol–water partition coefficient (Wildman–Crippen LogP) is 8.33. The summed E-state index contributed by atoms with van der Waals surface area (Å²) in [5.41, 5.74) is 4.89. The van der Waals surface area contributed by atoms with E-state index < -0.39 is 16.6 Å². The molecule has 2 heterocycles. The van der Waals surface area contributed by atoms with Gasteiger partial charge in [-0.1, -0.05) is 89.7 Å². The molecule has 0 amide bonds. The molecule has 0 spiro atoms. The van der Waals surface area contributed by atoms with Crippen molar-refractivity contribution in [2.24, 2.45) is 11.8 Å². The SMILES string of the molecule is C=C1C[C@H]2O[C@H]1[C@H](CO[Si](C(C)C)(C(C)C)C(C)C)[C@@H]2CO[Si](C(C)C)(C(C)C)C(C)C. The molecule has 0 saturated carbocycles. The summed E-state index contributed by atoms with van der Waals surface area (Å²) in [7, 11) is -3.80. The maximum absolute atomic E-state index is 7.08. The van der Waals surface area contributed by atoms with Gasteiger partial charge < -0.3 is 13.6 Å². The molecule has 0 unspecified atom stereocenters. The van der Waals surface area contributed by atoms with E-state index in [0.717, 1.165) is 19.6 Å². The van der Waals surface area contributed by atoms with Crippen LogP contribution in [-0.4, -0.2) is 42.1 Å². The van der Waals surface area contributed by atoms with Gasteiger partial charge in [-0.2, -0.15) is 0 Å². The first-order valence-electron chi connectivity index (χ1n) is 13.3. The van der Waals surface area contributed by atoms with E-state index in [1.165, 1.54) is 5.57 Å². The second kappa shape index (κ2) is 10.8. The van der Waals surface area contributed by atoms with Gasteiger partial charge in [-0.15, -0.1) is 0 Å². The van der Waals surface area contributed by atoms with Gasteiger partial charge in [0.1, 0.15) is 0 Å². The Hall–Kier alpha value is 0.0538. The minimum atomic E-state index is -1.90.